The number of benzene rings is 2. The summed E-state index contributed by atoms with van der Waals surface area (Å²) in [4.78, 5) is 17.1. The molecule has 0 bridgehead atoms. The molecule has 31 heavy (non-hydrogen) atoms. The van der Waals surface area contributed by atoms with E-state index in [0.29, 0.717) is 23.1 Å². The number of aryl methyl sites for hydroxylation is 1. The summed E-state index contributed by atoms with van der Waals surface area (Å²) in [5.74, 6) is 1.09. The highest BCUT2D eigenvalue weighted by Crippen LogP contribution is 2.29. The van der Waals surface area contributed by atoms with Crippen LogP contribution < -0.4 is 14.8 Å². The largest absolute Gasteiger partial charge is 0.488 e. The van der Waals surface area contributed by atoms with Crippen molar-refractivity contribution < 1.29 is 27.8 Å². The lowest BCUT2D eigenvalue weighted by Crippen LogP contribution is -2.17. The van der Waals surface area contributed by atoms with Gasteiger partial charge >= 0.3 is 0 Å². The highest BCUT2D eigenvalue weighted by Gasteiger charge is 2.14. The number of nitrogens with zero attached hydrogens (tertiary/aromatic N) is 1. The van der Waals surface area contributed by atoms with Gasteiger partial charge in [0.15, 0.2) is 9.84 Å². The van der Waals surface area contributed by atoms with Crippen LogP contribution in [0.2, 0.25) is 0 Å². The zero-order chi connectivity index (χ0) is 22.6. The van der Waals surface area contributed by atoms with E-state index in [2.05, 4.69) is 10.3 Å². The van der Waals surface area contributed by atoms with Crippen LogP contribution in [0.5, 0.6) is 17.2 Å². The monoisotopic (exact) mass is 462 g/mol. The fourth-order valence-electron chi connectivity index (χ4n) is 2.60. The first kappa shape index (κ1) is 22.7. The molecule has 0 spiro atoms. The maximum Gasteiger partial charge on any atom is 0.257 e. The maximum absolute atomic E-state index is 12.7. The molecule has 164 valence electrons. The Morgan fingerprint density at radius 2 is 1.84 bits per heavy atom. The number of nitrogens with one attached hydrogen (secondary N) is 1. The number of amides is 1. The second-order valence-electron chi connectivity index (χ2n) is 6.86. The Hall–Kier alpha value is -2.95. The Morgan fingerprint density at radius 1 is 1.16 bits per heavy atom. The summed E-state index contributed by atoms with van der Waals surface area (Å²) < 4.78 is 34.7. The molecule has 0 aliphatic carbocycles. The van der Waals surface area contributed by atoms with Crippen molar-refractivity contribution in [2.75, 3.05) is 18.2 Å². The SMILES string of the molecule is Cc1nc(NC(=O)c2cc(Oc3ccc(S(C)(=O)=O)cc3)cc(O[C@@H](C)CO)c2)cs1. The number of thiazole rings is 1. The van der Waals surface area contributed by atoms with Crippen molar-refractivity contribution in [3.8, 4) is 17.2 Å². The summed E-state index contributed by atoms with van der Waals surface area (Å²) in [5.41, 5.74) is 0.274. The van der Waals surface area contributed by atoms with E-state index >= 15 is 0 Å². The van der Waals surface area contributed by atoms with Crippen molar-refractivity contribution >= 4 is 32.9 Å². The van der Waals surface area contributed by atoms with Gasteiger partial charge in [0, 0.05) is 23.3 Å². The average molecular weight is 463 g/mol. The Bertz CT molecular complexity index is 1170. The molecule has 0 radical (unpaired) electrons. The van der Waals surface area contributed by atoms with Crippen LogP contribution in [0.3, 0.4) is 0 Å². The van der Waals surface area contributed by atoms with Crippen LogP contribution in [-0.4, -0.2) is 43.4 Å². The third-order valence-corrected chi connectivity index (χ3v) is 5.99. The Morgan fingerprint density at radius 3 is 2.42 bits per heavy atom. The summed E-state index contributed by atoms with van der Waals surface area (Å²) >= 11 is 1.42. The molecule has 1 amide bonds. The third kappa shape index (κ3) is 6.27. The van der Waals surface area contributed by atoms with Gasteiger partial charge in [-0.05, 0) is 50.2 Å². The molecule has 0 saturated heterocycles. The van der Waals surface area contributed by atoms with E-state index in [1.807, 2.05) is 6.92 Å². The van der Waals surface area contributed by atoms with E-state index in [-0.39, 0.29) is 17.1 Å². The number of carbonyl (C=O) groups excluding carboxylic acids is 1. The minimum absolute atomic E-state index is 0.173. The number of sulfone groups is 1. The van der Waals surface area contributed by atoms with Gasteiger partial charge in [0.05, 0.1) is 16.5 Å². The zero-order valence-corrected chi connectivity index (χ0v) is 18.8. The lowest BCUT2D eigenvalue weighted by atomic mass is 10.2. The number of rotatable bonds is 8. The van der Waals surface area contributed by atoms with Crippen molar-refractivity contribution in [3.63, 3.8) is 0 Å². The molecular formula is C21H22N2O6S2. The number of carbonyl (C=O) groups is 1. The first-order valence-electron chi connectivity index (χ1n) is 9.28. The number of aromatic nitrogens is 1. The normalized spacial score (nSPS) is 12.3. The molecule has 0 fully saturated rings. The molecule has 0 unspecified atom stereocenters. The van der Waals surface area contributed by atoms with Gasteiger partial charge < -0.3 is 19.9 Å². The summed E-state index contributed by atoms with van der Waals surface area (Å²) in [6.07, 6.45) is 0.641. The molecule has 8 nitrogen and oxygen atoms in total. The number of hydrogen-bond acceptors (Lipinski definition) is 8. The fourth-order valence-corrected chi connectivity index (χ4v) is 3.77. The molecule has 1 aromatic heterocycles. The van der Waals surface area contributed by atoms with Crippen molar-refractivity contribution in [1.82, 2.24) is 4.98 Å². The van der Waals surface area contributed by atoms with Crippen LogP contribution in [0, 0.1) is 6.92 Å². The Labute approximate surface area is 184 Å². The first-order valence-corrected chi connectivity index (χ1v) is 12.0. The molecule has 0 aliphatic heterocycles. The zero-order valence-electron chi connectivity index (χ0n) is 17.2. The van der Waals surface area contributed by atoms with Crippen molar-refractivity contribution in [2.24, 2.45) is 0 Å². The number of anilines is 1. The number of ether oxygens (including phenoxy) is 2. The van der Waals surface area contributed by atoms with Crippen LogP contribution in [0.4, 0.5) is 5.82 Å². The van der Waals surface area contributed by atoms with Crippen molar-refractivity contribution in [1.29, 1.82) is 0 Å². The topological polar surface area (TPSA) is 115 Å². The summed E-state index contributed by atoms with van der Waals surface area (Å²) in [6, 6.07) is 10.6. The van der Waals surface area contributed by atoms with Crippen LogP contribution in [0.15, 0.2) is 52.7 Å². The van der Waals surface area contributed by atoms with Crippen molar-refractivity contribution in [3.05, 3.63) is 58.4 Å². The first-order chi connectivity index (χ1) is 14.6. The Balaban J connectivity index is 1.88. The highest BCUT2D eigenvalue weighted by atomic mass is 32.2. The van der Waals surface area contributed by atoms with Crippen LogP contribution in [0.1, 0.15) is 22.3 Å². The van der Waals surface area contributed by atoms with Crippen LogP contribution in [-0.2, 0) is 9.84 Å². The van der Waals surface area contributed by atoms with E-state index in [9.17, 15) is 18.3 Å². The lowest BCUT2D eigenvalue weighted by molar-refractivity contribution is 0.102. The molecule has 0 saturated carbocycles. The minimum Gasteiger partial charge on any atom is -0.488 e. The van der Waals surface area contributed by atoms with Gasteiger partial charge in [-0.1, -0.05) is 0 Å². The molecule has 2 aromatic carbocycles. The second-order valence-corrected chi connectivity index (χ2v) is 9.93. The van der Waals surface area contributed by atoms with E-state index in [4.69, 9.17) is 9.47 Å². The van der Waals surface area contributed by atoms with Gasteiger partial charge in [0.2, 0.25) is 0 Å². The third-order valence-electron chi connectivity index (χ3n) is 4.08. The number of aliphatic hydroxyl groups excluding tert-OH is 1. The van der Waals surface area contributed by atoms with E-state index in [0.717, 1.165) is 11.3 Å². The molecular weight excluding hydrogens is 440 g/mol. The predicted octanol–water partition coefficient (Wildman–Crippen LogP) is 3.66. The molecule has 2 N–H and O–H groups in total. The quantitative estimate of drug-likeness (QED) is 0.525. The van der Waals surface area contributed by atoms with Crippen molar-refractivity contribution in [2.45, 2.75) is 24.8 Å². The van der Waals surface area contributed by atoms with Crippen LogP contribution in [0.25, 0.3) is 0 Å². The molecule has 0 aliphatic rings. The smallest absolute Gasteiger partial charge is 0.257 e. The van der Waals surface area contributed by atoms with Gasteiger partial charge in [0.1, 0.15) is 29.2 Å². The second kappa shape index (κ2) is 9.46. The summed E-state index contributed by atoms with van der Waals surface area (Å²) in [7, 11) is -3.32. The summed E-state index contributed by atoms with van der Waals surface area (Å²) in [6.45, 7) is 3.33. The predicted molar refractivity (Wildman–Crippen MR) is 118 cm³/mol. The van der Waals surface area contributed by atoms with E-state index in [1.165, 1.54) is 41.7 Å². The minimum atomic E-state index is -3.32. The van der Waals surface area contributed by atoms with Gasteiger partial charge in [0.25, 0.3) is 5.91 Å². The molecule has 3 aromatic rings. The van der Waals surface area contributed by atoms with Crippen LogP contribution >= 0.6 is 11.3 Å². The fraction of sp³-hybridized carbons (Fsp3) is 0.238. The highest BCUT2D eigenvalue weighted by molar-refractivity contribution is 7.90. The van der Waals surface area contributed by atoms with Gasteiger partial charge in [-0.2, -0.15) is 0 Å². The lowest BCUT2D eigenvalue weighted by Gasteiger charge is -2.15. The van der Waals surface area contributed by atoms with Gasteiger partial charge in [-0.25, -0.2) is 13.4 Å². The number of hydrogen-bond donors (Lipinski definition) is 2. The maximum atomic E-state index is 12.7. The molecule has 10 heteroatoms. The molecule has 1 heterocycles. The van der Waals surface area contributed by atoms with E-state index < -0.39 is 21.8 Å². The summed E-state index contributed by atoms with van der Waals surface area (Å²) in [5, 5.41) is 14.6. The average Bonchev–Trinajstić information content (AvgIpc) is 3.12. The van der Waals surface area contributed by atoms with Gasteiger partial charge in [-0.15, -0.1) is 11.3 Å². The number of aliphatic hydroxyl groups is 1. The standard InChI is InChI=1S/C21H22N2O6S2/c1-13(11-24)28-17-8-15(21(25)23-20-12-30-14(2)22-20)9-18(10-17)29-16-4-6-19(7-5-16)31(3,26)27/h4-10,12-13,24H,11H2,1-3H3,(H,23,25)/t13-/m0/s1. The van der Waals surface area contributed by atoms with E-state index in [1.54, 1.807) is 24.4 Å². The Kier molecular flexibility index (Phi) is 6.94. The molecule has 3 rings (SSSR count). The molecule has 1 atom stereocenters. The van der Waals surface area contributed by atoms with Gasteiger partial charge in [-0.3, -0.25) is 4.79 Å².